The van der Waals surface area contributed by atoms with Crippen LogP contribution in [-0.4, -0.2) is 76.1 Å². The van der Waals surface area contributed by atoms with Gasteiger partial charge in [0.2, 0.25) is 0 Å². The second-order valence-electron chi connectivity index (χ2n) is 4.97. The molecule has 0 fully saturated rings. The van der Waals surface area contributed by atoms with Crippen LogP contribution in [0.3, 0.4) is 0 Å². The second-order valence-corrected chi connectivity index (χ2v) is 4.97. The van der Waals surface area contributed by atoms with E-state index in [0.717, 1.165) is 0 Å². The van der Waals surface area contributed by atoms with Gasteiger partial charge in [-0.1, -0.05) is 0 Å². The molecule has 0 atom stereocenters. The van der Waals surface area contributed by atoms with Crippen LogP contribution in [0.4, 0.5) is 0 Å². The number of nitrogens with zero attached hydrogens (tertiary/aromatic N) is 3. The lowest BCUT2D eigenvalue weighted by molar-refractivity contribution is 0.288. The van der Waals surface area contributed by atoms with Crippen molar-refractivity contribution in [1.29, 1.82) is 0 Å². The fourth-order valence-corrected chi connectivity index (χ4v) is 1.58. The topological polar surface area (TPSA) is 9.72 Å². The first-order valence-corrected chi connectivity index (χ1v) is 6.00. The second kappa shape index (κ2) is 11.6. The normalized spacial score (nSPS) is 11.2. The van der Waals surface area contributed by atoms with Crippen molar-refractivity contribution < 1.29 is 0 Å². The van der Waals surface area contributed by atoms with Gasteiger partial charge in [-0.05, 0) is 80.7 Å². The van der Waals surface area contributed by atoms with Gasteiger partial charge in [-0.2, -0.15) is 0 Å². The van der Waals surface area contributed by atoms with Crippen molar-refractivity contribution in [3.8, 4) is 0 Å². The van der Waals surface area contributed by atoms with Crippen LogP contribution < -0.4 is 0 Å². The number of hydrogen-bond donors (Lipinski definition) is 0. The van der Waals surface area contributed by atoms with Gasteiger partial charge in [0.05, 0.1) is 0 Å². The highest BCUT2D eigenvalue weighted by Gasteiger charge is 1.99. The zero-order valence-corrected chi connectivity index (χ0v) is 12.5. The van der Waals surface area contributed by atoms with E-state index < -0.39 is 0 Å². The average Bonchev–Trinajstić information content (AvgIpc) is 2.11. The Morgan fingerprint density at radius 2 is 0.938 bits per heavy atom. The van der Waals surface area contributed by atoms with E-state index in [1.54, 1.807) is 0 Å². The Morgan fingerprint density at radius 3 is 1.44 bits per heavy atom. The zero-order valence-electron chi connectivity index (χ0n) is 11.7. The van der Waals surface area contributed by atoms with Gasteiger partial charge in [0.25, 0.3) is 0 Å². The average molecular weight is 252 g/mol. The van der Waals surface area contributed by atoms with Crippen molar-refractivity contribution in [1.82, 2.24) is 14.7 Å². The third kappa shape index (κ3) is 14.2. The van der Waals surface area contributed by atoms with Crippen molar-refractivity contribution in [3.05, 3.63) is 0 Å². The molecule has 3 nitrogen and oxygen atoms in total. The zero-order chi connectivity index (χ0) is 11.7. The van der Waals surface area contributed by atoms with E-state index in [9.17, 15) is 0 Å². The molecule has 0 aliphatic heterocycles. The predicted molar refractivity (Wildman–Crippen MR) is 75.7 cm³/mol. The summed E-state index contributed by atoms with van der Waals surface area (Å²) in [6.07, 6.45) is 3.90. The van der Waals surface area contributed by atoms with Crippen LogP contribution in [0.1, 0.15) is 19.3 Å². The van der Waals surface area contributed by atoms with Crippen LogP contribution in [-0.2, 0) is 0 Å². The molecule has 0 amide bonds. The fraction of sp³-hybridized carbons (Fsp3) is 1.00. The van der Waals surface area contributed by atoms with Gasteiger partial charge in [0.1, 0.15) is 0 Å². The van der Waals surface area contributed by atoms with E-state index in [1.165, 1.54) is 45.4 Å². The van der Waals surface area contributed by atoms with E-state index >= 15 is 0 Å². The molecule has 0 unspecified atom stereocenters. The van der Waals surface area contributed by atoms with Crippen molar-refractivity contribution in [3.63, 3.8) is 0 Å². The molecule has 16 heavy (non-hydrogen) atoms. The maximum Gasteiger partial charge on any atom is -0.000960 e. The Kier molecular flexibility index (Phi) is 13.5. The van der Waals surface area contributed by atoms with Crippen molar-refractivity contribution >= 4 is 12.4 Å². The molecule has 0 radical (unpaired) electrons. The molecular weight excluding hydrogens is 222 g/mol. The third-order valence-electron chi connectivity index (χ3n) is 2.54. The lowest BCUT2D eigenvalue weighted by Gasteiger charge is -2.18. The Balaban J connectivity index is 0. The largest absolute Gasteiger partial charge is 0.309 e. The maximum absolute atomic E-state index is 2.44. The Labute approximate surface area is 108 Å². The van der Waals surface area contributed by atoms with Crippen LogP contribution in [0, 0.1) is 0 Å². The monoisotopic (exact) mass is 251 g/mol. The molecule has 0 heterocycles. The molecule has 0 saturated carbocycles. The highest BCUT2D eigenvalue weighted by molar-refractivity contribution is 5.85. The van der Waals surface area contributed by atoms with Gasteiger partial charge >= 0.3 is 0 Å². The first-order valence-electron chi connectivity index (χ1n) is 6.00. The summed E-state index contributed by atoms with van der Waals surface area (Å²) in [5, 5.41) is 0. The van der Waals surface area contributed by atoms with E-state index in [2.05, 4.69) is 49.9 Å². The summed E-state index contributed by atoms with van der Waals surface area (Å²) in [7, 11) is 10.8. The van der Waals surface area contributed by atoms with E-state index in [-0.39, 0.29) is 12.4 Å². The van der Waals surface area contributed by atoms with Crippen LogP contribution in [0.5, 0.6) is 0 Å². The van der Waals surface area contributed by atoms with Gasteiger partial charge in [-0.15, -0.1) is 12.4 Å². The minimum absolute atomic E-state index is 0. The molecule has 0 N–H and O–H groups in total. The van der Waals surface area contributed by atoms with Crippen LogP contribution in [0.15, 0.2) is 0 Å². The molecule has 4 heteroatoms. The molecule has 0 aromatic carbocycles. The van der Waals surface area contributed by atoms with E-state index in [0.29, 0.717) is 0 Å². The molecule has 0 saturated heterocycles. The van der Waals surface area contributed by atoms with Crippen LogP contribution >= 0.6 is 12.4 Å². The summed E-state index contributed by atoms with van der Waals surface area (Å²) in [5.41, 5.74) is 0. The van der Waals surface area contributed by atoms with Crippen molar-refractivity contribution in [2.24, 2.45) is 0 Å². The summed E-state index contributed by atoms with van der Waals surface area (Å²) < 4.78 is 0. The molecule has 0 aromatic rings. The van der Waals surface area contributed by atoms with Gasteiger partial charge < -0.3 is 14.7 Å². The summed E-state index contributed by atoms with van der Waals surface area (Å²) in [4.78, 5) is 6.95. The summed E-state index contributed by atoms with van der Waals surface area (Å²) >= 11 is 0. The molecule has 100 valence electrons. The Hall–Kier alpha value is 0.170. The summed E-state index contributed by atoms with van der Waals surface area (Å²) in [6, 6.07) is 0. The predicted octanol–water partition coefficient (Wildman–Crippen LogP) is 1.63. The fourth-order valence-electron chi connectivity index (χ4n) is 1.58. The van der Waals surface area contributed by atoms with Gasteiger partial charge in [0.15, 0.2) is 0 Å². The number of halogens is 1. The van der Waals surface area contributed by atoms with E-state index in [1.807, 2.05) is 0 Å². The number of rotatable bonds is 9. The molecular formula is C12H30ClN3. The molecule has 0 aromatic heterocycles. The third-order valence-corrected chi connectivity index (χ3v) is 2.54. The quantitative estimate of drug-likeness (QED) is 0.577. The minimum Gasteiger partial charge on any atom is -0.309 e. The molecule has 0 spiro atoms. The van der Waals surface area contributed by atoms with Gasteiger partial charge in [-0.3, -0.25) is 0 Å². The standard InChI is InChI=1S/C12H29N3.ClH/c1-13(2)9-6-7-11-15(5)12-8-10-14(3)4;/h6-12H2,1-5H3;1H. The van der Waals surface area contributed by atoms with Crippen molar-refractivity contribution in [2.75, 3.05) is 61.4 Å². The minimum atomic E-state index is 0. The highest BCUT2D eigenvalue weighted by atomic mass is 35.5. The number of unbranched alkanes of at least 4 members (excludes halogenated alkanes) is 1. The Bertz CT molecular complexity index is 140. The maximum atomic E-state index is 2.44. The molecule has 0 rings (SSSR count). The van der Waals surface area contributed by atoms with Crippen LogP contribution in [0.2, 0.25) is 0 Å². The first kappa shape index (κ1) is 18.5. The van der Waals surface area contributed by atoms with Crippen LogP contribution in [0.25, 0.3) is 0 Å². The summed E-state index contributed by atoms with van der Waals surface area (Å²) in [6.45, 7) is 4.87. The molecule has 0 bridgehead atoms. The lowest BCUT2D eigenvalue weighted by Crippen LogP contribution is -2.25. The van der Waals surface area contributed by atoms with E-state index in [4.69, 9.17) is 0 Å². The highest BCUT2D eigenvalue weighted by Crippen LogP contribution is 1.95. The Morgan fingerprint density at radius 1 is 0.562 bits per heavy atom. The first-order chi connectivity index (χ1) is 7.02. The molecule has 0 aliphatic rings. The lowest BCUT2D eigenvalue weighted by atomic mass is 10.2. The SMILES string of the molecule is CN(C)CCCCN(C)CCCN(C)C.Cl. The number of hydrogen-bond acceptors (Lipinski definition) is 3. The van der Waals surface area contributed by atoms with Crippen molar-refractivity contribution in [2.45, 2.75) is 19.3 Å². The molecule has 0 aliphatic carbocycles. The van der Waals surface area contributed by atoms with Gasteiger partial charge in [-0.25, -0.2) is 0 Å². The van der Waals surface area contributed by atoms with Gasteiger partial charge in [0, 0.05) is 0 Å². The smallest absolute Gasteiger partial charge is 0.000960 e. The summed E-state index contributed by atoms with van der Waals surface area (Å²) in [5.74, 6) is 0.